The molecule has 0 saturated carbocycles. The molecule has 0 aliphatic rings. The molecule has 0 amide bonds. The summed E-state index contributed by atoms with van der Waals surface area (Å²) in [5, 5.41) is 0. The Kier molecular flexibility index (Phi) is 4.70. The number of carbonyl (C=O) groups is 1. The molecular weight excluding hydrogens is 214 g/mol. The highest BCUT2D eigenvalue weighted by Crippen LogP contribution is 2.25. The van der Waals surface area contributed by atoms with Crippen LogP contribution in [0.25, 0.3) is 0 Å². The van der Waals surface area contributed by atoms with Crippen molar-refractivity contribution in [1.29, 1.82) is 0 Å². The van der Waals surface area contributed by atoms with Crippen molar-refractivity contribution in [2.24, 2.45) is 0 Å². The van der Waals surface area contributed by atoms with Crippen LogP contribution in [-0.2, 0) is 11.3 Å². The zero-order valence-corrected chi connectivity index (χ0v) is 11.3. The van der Waals surface area contributed by atoms with Crippen molar-refractivity contribution < 1.29 is 9.53 Å². The molecule has 0 saturated heterocycles. The monoisotopic (exact) mass is 235 g/mol. The van der Waals surface area contributed by atoms with Gasteiger partial charge in [0, 0.05) is 12.1 Å². The maximum absolute atomic E-state index is 11.1. The highest BCUT2D eigenvalue weighted by atomic mass is 16.5. The number of likely N-dealkylation sites (N-methyl/N-ethyl adjacent to an activating group) is 1. The lowest BCUT2D eigenvalue weighted by molar-refractivity contribution is -0.117. The topological polar surface area (TPSA) is 29.5 Å². The number of nitrogens with zero attached hydrogens (tertiary/aromatic N) is 1. The van der Waals surface area contributed by atoms with Crippen LogP contribution in [0.2, 0.25) is 0 Å². The molecule has 1 aromatic carbocycles. The van der Waals surface area contributed by atoms with E-state index >= 15 is 0 Å². The number of carbonyl (C=O) groups excluding carboxylic acids is 1. The second kappa shape index (κ2) is 5.82. The van der Waals surface area contributed by atoms with Gasteiger partial charge in [-0.3, -0.25) is 9.69 Å². The molecule has 94 valence electrons. The normalized spacial score (nSPS) is 10.7. The summed E-state index contributed by atoms with van der Waals surface area (Å²) in [6, 6.07) is 4.22. The van der Waals surface area contributed by atoms with E-state index in [1.54, 1.807) is 14.0 Å². The van der Waals surface area contributed by atoms with Gasteiger partial charge in [0.05, 0.1) is 13.7 Å². The minimum Gasteiger partial charge on any atom is -0.496 e. The summed E-state index contributed by atoms with van der Waals surface area (Å²) < 4.78 is 5.43. The first-order chi connectivity index (χ1) is 7.93. The van der Waals surface area contributed by atoms with Crippen LogP contribution in [0.5, 0.6) is 5.75 Å². The zero-order chi connectivity index (χ0) is 13.0. The summed E-state index contributed by atoms with van der Waals surface area (Å²) in [5.74, 6) is 1.10. The zero-order valence-electron chi connectivity index (χ0n) is 11.3. The van der Waals surface area contributed by atoms with Crippen LogP contribution in [0.15, 0.2) is 12.1 Å². The minimum absolute atomic E-state index is 0.177. The standard InChI is InChI=1S/C14H21NO2/c1-10-6-11(2)14(17-5)13(7-10)9-15(4)8-12(3)16/h6-7H,8-9H2,1-5H3. The molecule has 1 aromatic rings. The van der Waals surface area contributed by atoms with Gasteiger partial charge < -0.3 is 4.74 Å². The highest BCUT2D eigenvalue weighted by Gasteiger charge is 2.10. The highest BCUT2D eigenvalue weighted by molar-refractivity contribution is 5.77. The van der Waals surface area contributed by atoms with Gasteiger partial charge in [-0.05, 0) is 33.4 Å². The number of ketones is 1. The smallest absolute Gasteiger partial charge is 0.143 e. The molecular formula is C14H21NO2. The van der Waals surface area contributed by atoms with Gasteiger partial charge >= 0.3 is 0 Å². The van der Waals surface area contributed by atoms with E-state index in [4.69, 9.17) is 4.74 Å². The first-order valence-corrected chi connectivity index (χ1v) is 5.76. The number of benzene rings is 1. The SMILES string of the molecule is COc1c(C)cc(C)cc1CN(C)CC(C)=O. The van der Waals surface area contributed by atoms with Gasteiger partial charge in [-0.15, -0.1) is 0 Å². The number of methoxy groups -OCH3 is 1. The third kappa shape index (κ3) is 3.86. The number of Topliss-reactive ketones (excluding diaryl/α,β-unsaturated/α-hetero) is 1. The van der Waals surface area contributed by atoms with Crippen molar-refractivity contribution in [3.05, 3.63) is 28.8 Å². The van der Waals surface area contributed by atoms with Crippen LogP contribution in [0.1, 0.15) is 23.6 Å². The maximum Gasteiger partial charge on any atom is 0.143 e. The van der Waals surface area contributed by atoms with Crippen molar-refractivity contribution in [2.45, 2.75) is 27.3 Å². The summed E-state index contributed by atoms with van der Waals surface area (Å²) in [6.07, 6.45) is 0. The Morgan fingerprint density at radius 3 is 2.53 bits per heavy atom. The number of aryl methyl sites for hydroxylation is 2. The quantitative estimate of drug-likeness (QED) is 0.784. The Hall–Kier alpha value is -1.35. The van der Waals surface area contributed by atoms with Gasteiger partial charge in [0.1, 0.15) is 11.5 Å². The molecule has 3 heteroatoms. The number of ether oxygens (including phenoxy) is 1. The third-order valence-electron chi connectivity index (χ3n) is 2.63. The number of hydrogen-bond acceptors (Lipinski definition) is 3. The predicted molar refractivity (Wildman–Crippen MR) is 69.5 cm³/mol. The van der Waals surface area contributed by atoms with Gasteiger partial charge in [-0.25, -0.2) is 0 Å². The summed E-state index contributed by atoms with van der Waals surface area (Å²) in [4.78, 5) is 13.1. The van der Waals surface area contributed by atoms with Crippen molar-refractivity contribution in [3.8, 4) is 5.75 Å². The van der Waals surface area contributed by atoms with Gasteiger partial charge in [-0.2, -0.15) is 0 Å². The van der Waals surface area contributed by atoms with E-state index in [0.717, 1.165) is 23.4 Å². The number of hydrogen-bond donors (Lipinski definition) is 0. The molecule has 0 aliphatic carbocycles. The lowest BCUT2D eigenvalue weighted by Crippen LogP contribution is -2.24. The fourth-order valence-corrected chi connectivity index (χ4v) is 2.18. The Morgan fingerprint density at radius 1 is 1.35 bits per heavy atom. The summed E-state index contributed by atoms with van der Waals surface area (Å²) in [5.41, 5.74) is 3.49. The molecule has 1 rings (SSSR count). The molecule has 0 atom stereocenters. The largest absolute Gasteiger partial charge is 0.496 e. The summed E-state index contributed by atoms with van der Waals surface area (Å²) >= 11 is 0. The molecule has 0 heterocycles. The van der Waals surface area contributed by atoms with Gasteiger partial charge in [0.2, 0.25) is 0 Å². The molecule has 0 spiro atoms. The maximum atomic E-state index is 11.1. The minimum atomic E-state index is 0.177. The van der Waals surface area contributed by atoms with E-state index in [-0.39, 0.29) is 5.78 Å². The van der Waals surface area contributed by atoms with E-state index in [1.165, 1.54) is 5.56 Å². The van der Waals surface area contributed by atoms with Crippen LogP contribution in [0.3, 0.4) is 0 Å². The fraction of sp³-hybridized carbons (Fsp3) is 0.500. The van der Waals surface area contributed by atoms with Crippen LogP contribution >= 0.6 is 0 Å². The predicted octanol–water partition coefficient (Wildman–Crippen LogP) is 2.33. The van der Waals surface area contributed by atoms with Crippen molar-refractivity contribution in [1.82, 2.24) is 4.90 Å². The first-order valence-electron chi connectivity index (χ1n) is 5.76. The van der Waals surface area contributed by atoms with E-state index in [9.17, 15) is 4.79 Å². The lowest BCUT2D eigenvalue weighted by atomic mass is 10.1. The Bertz CT molecular complexity index is 413. The first kappa shape index (κ1) is 13.7. The van der Waals surface area contributed by atoms with Gasteiger partial charge in [0.15, 0.2) is 0 Å². The molecule has 0 radical (unpaired) electrons. The molecule has 0 aromatic heterocycles. The second-order valence-electron chi connectivity index (χ2n) is 4.65. The van der Waals surface area contributed by atoms with E-state index in [0.29, 0.717) is 6.54 Å². The van der Waals surface area contributed by atoms with Crippen LogP contribution in [0, 0.1) is 13.8 Å². The van der Waals surface area contributed by atoms with Crippen molar-refractivity contribution in [3.63, 3.8) is 0 Å². The molecule has 0 fully saturated rings. The van der Waals surface area contributed by atoms with E-state index in [1.807, 2.05) is 18.9 Å². The summed E-state index contributed by atoms with van der Waals surface area (Å²) in [6.45, 7) is 6.91. The molecule has 3 nitrogen and oxygen atoms in total. The van der Waals surface area contributed by atoms with E-state index in [2.05, 4.69) is 19.1 Å². The van der Waals surface area contributed by atoms with Crippen LogP contribution < -0.4 is 4.74 Å². The number of rotatable bonds is 5. The average molecular weight is 235 g/mol. The Balaban J connectivity index is 2.92. The average Bonchev–Trinajstić information content (AvgIpc) is 2.15. The van der Waals surface area contributed by atoms with Gasteiger partial charge in [0.25, 0.3) is 0 Å². The molecule has 0 aliphatic heterocycles. The summed E-state index contributed by atoms with van der Waals surface area (Å²) in [7, 11) is 3.63. The molecule has 0 N–H and O–H groups in total. The molecule has 0 unspecified atom stereocenters. The second-order valence-corrected chi connectivity index (χ2v) is 4.65. The van der Waals surface area contributed by atoms with E-state index < -0.39 is 0 Å². The van der Waals surface area contributed by atoms with Crippen LogP contribution in [0.4, 0.5) is 0 Å². The van der Waals surface area contributed by atoms with Crippen molar-refractivity contribution in [2.75, 3.05) is 20.7 Å². The van der Waals surface area contributed by atoms with Gasteiger partial charge in [-0.1, -0.05) is 17.7 Å². The Labute approximate surface area is 103 Å². The third-order valence-corrected chi connectivity index (χ3v) is 2.63. The fourth-order valence-electron chi connectivity index (χ4n) is 2.18. The molecule has 17 heavy (non-hydrogen) atoms. The van der Waals surface area contributed by atoms with Crippen molar-refractivity contribution >= 4 is 5.78 Å². The molecule has 0 bridgehead atoms. The Morgan fingerprint density at radius 2 is 2.00 bits per heavy atom. The van der Waals surface area contributed by atoms with Crippen LogP contribution in [-0.4, -0.2) is 31.4 Å². The lowest BCUT2D eigenvalue weighted by Gasteiger charge is -2.18.